The minimum Gasteiger partial charge on any atom is -0.480 e. The molecule has 2 aliphatic rings. The SMILES string of the molecule is O=C(O)C1CSCN1C(=O)NCCN1CCOCC1. The highest BCUT2D eigenvalue weighted by molar-refractivity contribution is 7.99. The molecule has 2 rings (SSSR count). The Bertz CT molecular complexity index is 336. The largest absolute Gasteiger partial charge is 0.480 e. The van der Waals surface area contributed by atoms with Crippen molar-refractivity contribution >= 4 is 23.8 Å². The summed E-state index contributed by atoms with van der Waals surface area (Å²) in [6, 6.07) is -0.987. The minimum atomic E-state index is -0.937. The number of thioether (sulfide) groups is 1. The molecule has 0 saturated carbocycles. The summed E-state index contributed by atoms with van der Waals surface area (Å²) >= 11 is 1.47. The van der Waals surface area contributed by atoms with Crippen molar-refractivity contribution in [3.8, 4) is 0 Å². The van der Waals surface area contributed by atoms with Crippen LogP contribution in [0, 0.1) is 0 Å². The highest BCUT2D eigenvalue weighted by Gasteiger charge is 2.34. The van der Waals surface area contributed by atoms with Crippen molar-refractivity contribution in [2.75, 3.05) is 51.0 Å². The monoisotopic (exact) mass is 289 g/mol. The smallest absolute Gasteiger partial charge is 0.327 e. The van der Waals surface area contributed by atoms with Crippen LogP contribution < -0.4 is 5.32 Å². The lowest BCUT2D eigenvalue weighted by Crippen LogP contribution is -2.49. The zero-order chi connectivity index (χ0) is 13.7. The second-order valence-corrected chi connectivity index (χ2v) is 5.51. The Morgan fingerprint density at radius 3 is 2.79 bits per heavy atom. The van der Waals surface area contributed by atoms with Crippen molar-refractivity contribution in [3.63, 3.8) is 0 Å². The van der Waals surface area contributed by atoms with Gasteiger partial charge in [-0.15, -0.1) is 11.8 Å². The van der Waals surface area contributed by atoms with Gasteiger partial charge in [0.1, 0.15) is 6.04 Å². The van der Waals surface area contributed by atoms with Crippen LogP contribution in [0.4, 0.5) is 4.79 Å². The van der Waals surface area contributed by atoms with Gasteiger partial charge in [0.25, 0.3) is 0 Å². The van der Waals surface area contributed by atoms with E-state index in [1.807, 2.05) is 0 Å². The highest BCUT2D eigenvalue weighted by Crippen LogP contribution is 2.20. The van der Waals surface area contributed by atoms with Crippen LogP contribution in [0.25, 0.3) is 0 Å². The summed E-state index contributed by atoms with van der Waals surface area (Å²) in [7, 11) is 0. The Labute approximate surface area is 116 Å². The second-order valence-electron chi connectivity index (χ2n) is 4.51. The molecule has 0 aromatic carbocycles. The molecule has 7 nitrogen and oxygen atoms in total. The van der Waals surface area contributed by atoms with Crippen molar-refractivity contribution in [2.24, 2.45) is 0 Å². The third-order valence-corrected chi connectivity index (χ3v) is 4.25. The fourth-order valence-electron chi connectivity index (χ4n) is 2.09. The van der Waals surface area contributed by atoms with Gasteiger partial charge in [-0.3, -0.25) is 4.90 Å². The molecule has 0 bridgehead atoms. The minimum absolute atomic E-state index is 0.286. The maximum absolute atomic E-state index is 11.9. The van der Waals surface area contributed by atoms with Crippen LogP contribution in [0.5, 0.6) is 0 Å². The number of hydrogen-bond donors (Lipinski definition) is 2. The molecule has 2 fully saturated rings. The number of morpholine rings is 1. The number of carbonyl (C=O) groups excluding carboxylic acids is 1. The molecule has 0 spiro atoms. The number of rotatable bonds is 4. The van der Waals surface area contributed by atoms with Crippen LogP contribution in [-0.2, 0) is 9.53 Å². The number of aliphatic carboxylic acids is 1. The first-order valence-corrected chi connectivity index (χ1v) is 7.49. The van der Waals surface area contributed by atoms with E-state index in [1.54, 1.807) is 0 Å². The van der Waals surface area contributed by atoms with Crippen molar-refractivity contribution in [2.45, 2.75) is 6.04 Å². The summed E-state index contributed by atoms with van der Waals surface area (Å²) in [5, 5.41) is 11.8. The Balaban J connectivity index is 1.70. The van der Waals surface area contributed by atoms with Crippen LogP contribution in [0.1, 0.15) is 0 Å². The third-order valence-electron chi connectivity index (χ3n) is 3.24. The number of nitrogens with one attached hydrogen (secondary N) is 1. The van der Waals surface area contributed by atoms with Gasteiger partial charge < -0.3 is 20.1 Å². The van der Waals surface area contributed by atoms with Gasteiger partial charge in [-0.1, -0.05) is 0 Å². The molecule has 2 heterocycles. The van der Waals surface area contributed by atoms with Crippen LogP contribution in [0.2, 0.25) is 0 Å². The molecule has 19 heavy (non-hydrogen) atoms. The summed E-state index contributed by atoms with van der Waals surface area (Å²) in [5.74, 6) is -0.0274. The number of ether oxygens (including phenoxy) is 1. The van der Waals surface area contributed by atoms with Crippen LogP contribution >= 0.6 is 11.8 Å². The first-order valence-electron chi connectivity index (χ1n) is 6.33. The van der Waals surface area contributed by atoms with E-state index in [1.165, 1.54) is 16.7 Å². The fourth-order valence-corrected chi connectivity index (χ4v) is 3.24. The molecule has 2 aliphatic heterocycles. The molecule has 2 saturated heterocycles. The average molecular weight is 289 g/mol. The normalized spacial score (nSPS) is 24.4. The number of nitrogens with zero attached hydrogens (tertiary/aromatic N) is 2. The van der Waals surface area contributed by atoms with Crippen LogP contribution in [-0.4, -0.2) is 84.0 Å². The summed E-state index contributed by atoms with van der Waals surface area (Å²) in [4.78, 5) is 26.5. The number of urea groups is 1. The lowest BCUT2D eigenvalue weighted by Gasteiger charge is -2.27. The lowest BCUT2D eigenvalue weighted by molar-refractivity contribution is -0.140. The number of carboxylic acids is 1. The van der Waals surface area contributed by atoms with Gasteiger partial charge in [-0.25, -0.2) is 9.59 Å². The Morgan fingerprint density at radius 2 is 2.11 bits per heavy atom. The molecule has 0 aliphatic carbocycles. The zero-order valence-electron chi connectivity index (χ0n) is 10.7. The first-order chi connectivity index (χ1) is 9.18. The maximum atomic E-state index is 11.9. The molecule has 2 amide bonds. The highest BCUT2D eigenvalue weighted by atomic mass is 32.2. The van der Waals surface area contributed by atoms with Gasteiger partial charge in [0.05, 0.1) is 19.1 Å². The van der Waals surface area contributed by atoms with Crippen molar-refractivity contribution in [1.29, 1.82) is 0 Å². The number of carboxylic acid groups (broad SMARTS) is 1. The van der Waals surface area contributed by atoms with Crippen molar-refractivity contribution in [1.82, 2.24) is 15.1 Å². The predicted molar refractivity (Wildman–Crippen MR) is 71.2 cm³/mol. The first kappa shape index (κ1) is 14.4. The second kappa shape index (κ2) is 6.97. The maximum Gasteiger partial charge on any atom is 0.327 e. The molecular weight excluding hydrogens is 270 g/mol. The topological polar surface area (TPSA) is 82.1 Å². The molecule has 108 valence electrons. The van der Waals surface area contributed by atoms with E-state index < -0.39 is 12.0 Å². The molecule has 1 unspecified atom stereocenters. The Morgan fingerprint density at radius 1 is 1.37 bits per heavy atom. The standard InChI is InChI=1S/C11H19N3O4S/c15-10(16)9-7-19-8-14(9)11(17)12-1-2-13-3-5-18-6-4-13/h9H,1-8H2,(H,12,17)(H,15,16). The average Bonchev–Trinajstić information content (AvgIpc) is 2.89. The predicted octanol–water partition coefficient (Wildman–Crippen LogP) is -0.512. The van der Waals surface area contributed by atoms with Gasteiger partial charge in [0.15, 0.2) is 0 Å². The zero-order valence-corrected chi connectivity index (χ0v) is 11.5. The molecule has 0 aromatic rings. The molecular formula is C11H19N3O4S. The van der Waals surface area contributed by atoms with Crippen LogP contribution in [0.15, 0.2) is 0 Å². The molecule has 0 aromatic heterocycles. The van der Waals surface area contributed by atoms with Gasteiger partial charge >= 0.3 is 12.0 Å². The number of amides is 2. The van der Waals surface area contributed by atoms with Crippen molar-refractivity contribution in [3.05, 3.63) is 0 Å². The molecule has 1 atom stereocenters. The molecule has 2 N–H and O–H groups in total. The third kappa shape index (κ3) is 3.99. The summed E-state index contributed by atoms with van der Waals surface area (Å²) < 4.78 is 5.24. The van der Waals surface area contributed by atoms with Gasteiger partial charge in [0, 0.05) is 31.9 Å². The van der Waals surface area contributed by atoms with Gasteiger partial charge in [-0.2, -0.15) is 0 Å². The van der Waals surface area contributed by atoms with E-state index in [0.29, 0.717) is 18.2 Å². The number of hydrogen-bond acceptors (Lipinski definition) is 5. The van der Waals surface area contributed by atoms with Crippen LogP contribution in [0.3, 0.4) is 0 Å². The van der Waals surface area contributed by atoms with E-state index in [2.05, 4.69) is 10.2 Å². The van der Waals surface area contributed by atoms with E-state index in [0.717, 1.165) is 32.8 Å². The molecule has 8 heteroatoms. The summed E-state index contributed by atoms with van der Waals surface area (Å²) in [6.45, 7) is 4.54. The van der Waals surface area contributed by atoms with E-state index in [4.69, 9.17) is 9.84 Å². The number of carbonyl (C=O) groups is 2. The van der Waals surface area contributed by atoms with E-state index >= 15 is 0 Å². The Kier molecular flexibility index (Phi) is 5.29. The fraction of sp³-hybridized carbons (Fsp3) is 0.818. The Hall–Kier alpha value is -0.990. The van der Waals surface area contributed by atoms with Gasteiger partial charge in [0.2, 0.25) is 0 Å². The summed E-state index contributed by atoms with van der Waals surface area (Å²) in [6.07, 6.45) is 0. The summed E-state index contributed by atoms with van der Waals surface area (Å²) in [5.41, 5.74) is 0. The van der Waals surface area contributed by atoms with E-state index in [9.17, 15) is 9.59 Å². The lowest BCUT2D eigenvalue weighted by atomic mass is 10.3. The van der Waals surface area contributed by atoms with Gasteiger partial charge in [-0.05, 0) is 0 Å². The van der Waals surface area contributed by atoms with E-state index in [-0.39, 0.29) is 6.03 Å². The van der Waals surface area contributed by atoms with Crippen molar-refractivity contribution < 1.29 is 19.4 Å². The quantitative estimate of drug-likeness (QED) is 0.725. The molecule has 0 radical (unpaired) electrons.